The topological polar surface area (TPSA) is 59.8 Å². The van der Waals surface area contributed by atoms with Crippen molar-refractivity contribution >= 4 is 27.8 Å². The smallest absolute Gasteiger partial charge is 0.269 e. The fraction of sp³-hybridized carbons (Fsp3) is 0.150. The van der Waals surface area contributed by atoms with Gasteiger partial charge >= 0.3 is 0 Å². The lowest BCUT2D eigenvalue weighted by Gasteiger charge is -2.07. The minimum atomic E-state index is -0.138. The summed E-state index contributed by atoms with van der Waals surface area (Å²) in [5.41, 5.74) is 2.26. The predicted octanol–water partition coefficient (Wildman–Crippen LogP) is 3.40. The molecule has 0 saturated carbocycles. The first-order valence-electron chi connectivity index (χ1n) is 8.35. The molecule has 1 N–H and O–H groups in total. The average Bonchev–Trinajstić information content (AvgIpc) is 3.08. The van der Waals surface area contributed by atoms with E-state index in [1.165, 1.54) is 0 Å². The molecule has 0 aliphatic rings. The molecule has 3 aromatic heterocycles. The van der Waals surface area contributed by atoms with Gasteiger partial charge in [0.15, 0.2) is 0 Å². The molecule has 1 aromatic carbocycles. The molecular weight excluding hydrogens is 312 g/mol. The summed E-state index contributed by atoms with van der Waals surface area (Å²) in [7, 11) is 0. The summed E-state index contributed by atoms with van der Waals surface area (Å²) in [6.07, 6.45) is 4.66. The second kappa shape index (κ2) is 6.73. The molecule has 0 aliphatic carbocycles. The van der Waals surface area contributed by atoms with Crippen molar-refractivity contribution in [1.82, 2.24) is 19.9 Å². The predicted molar refractivity (Wildman–Crippen MR) is 98.4 cm³/mol. The van der Waals surface area contributed by atoms with Crippen LogP contribution in [0.15, 0.2) is 67.0 Å². The van der Waals surface area contributed by atoms with Crippen LogP contribution in [0.2, 0.25) is 0 Å². The van der Waals surface area contributed by atoms with Gasteiger partial charge in [0.2, 0.25) is 0 Å². The molecular formula is C20H18N4O. The maximum Gasteiger partial charge on any atom is 0.269 e. The van der Waals surface area contributed by atoms with E-state index in [9.17, 15) is 4.79 Å². The Balaban J connectivity index is 1.35. The molecule has 4 rings (SSSR count). The number of carbonyl (C=O) groups is 1. The number of hydrogen-bond donors (Lipinski definition) is 1. The fourth-order valence-electron chi connectivity index (χ4n) is 2.94. The van der Waals surface area contributed by atoms with Gasteiger partial charge in [0.25, 0.3) is 5.91 Å². The SMILES string of the molecule is O=C(NCCCn1ccc2cccnc21)c1ccc2ccccc2n1. The Kier molecular flexibility index (Phi) is 4.12. The number of nitrogens with zero attached hydrogens (tertiary/aromatic N) is 3. The number of hydrogen-bond acceptors (Lipinski definition) is 3. The van der Waals surface area contributed by atoms with Gasteiger partial charge in [-0.3, -0.25) is 4.79 Å². The van der Waals surface area contributed by atoms with Crippen molar-refractivity contribution < 1.29 is 4.79 Å². The number of benzene rings is 1. The van der Waals surface area contributed by atoms with Crippen molar-refractivity contribution in [1.29, 1.82) is 0 Å². The van der Waals surface area contributed by atoms with Crippen molar-refractivity contribution in [3.8, 4) is 0 Å². The second-order valence-electron chi connectivity index (χ2n) is 5.92. The Morgan fingerprint density at radius 1 is 1.00 bits per heavy atom. The number of aromatic nitrogens is 3. The van der Waals surface area contributed by atoms with E-state index in [1.54, 1.807) is 12.3 Å². The van der Waals surface area contributed by atoms with Crippen molar-refractivity contribution in [3.05, 3.63) is 72.7 Å². The number of rotatable bonds is 5. The van der Waals surface area contributed by atoms with Gasteiger partial charge in [0, 0.05) is 36.3 Å². The molecule has 4 aromatic rings. The maximum absolute atomic E-state index is 12.3. The molecule has 1 amide bonds. The van der Waals surface area contributed by atoms with Crippen LogP contribution in [0.25, 0.3) is 21.9 Å². The summed E-state index contributed by atoms with van der Waals surface area (Å²) in [6, 6.07) is 17.5. The zero-order valence-electron chi connectivity index (χ0n) is 13.7. The number of para-hydroxylation sites is 1. The first-order valence-corrected chi connectivity index (χ1v) is 8.35. The summed E-state index contributed by atoms with van der Waals surface area (Å²) in [5.74, 6) is -0.138. The molecule has 0 spiro atoms. The Labute approximate surface area is 145 Å². The zero-order chi connectivity index (χ0) is 17.1. The minimum absolute atomic E-state index is 0.138. The van der Waals surface area contributed by atoms with Gasteiger partial charge in [-0.1, -0.05) is 24.3 Å². The summed E-state index contributed by atoms with van der Waals surface area (Å²) >= 11 is 0. The third-order valence-electron chi connectivity index (χ3n) is 4.22. The highest BCUT2D eigenvalue weighted by Gasteiger charge is 2.07. The van der Waals surface area contributed by atoms with Crippen LogP contribution >= 0.6 is 0 Å². The first-order chi connectivity index (χ1) is 12.3. The lowest BCUT2D eigenvalue weighted by Crippen LogP contribution is -2.26. The van der Waals surface area contributed by atoms with Gasteiger partial charge in [0.05, 0.1) is 5.52 Å². The van der Waals surface area contributed by atoms with Crippen molar-refractivity contribution in [2.75, 3.05) is 6.54 Å². The Bertz CT molecular complexity index is 1040. The van der Waals surface area contributed by atoms with E-state index < -0.39 is 0 Å². The summed E-state index contributed by atoms with van der Waals surface area (Å²) < 4.78 is 2.11. The fourth-order valence-corrected chi connectivity index (χ4v) is 2.94. The lowest BCUT2D eigenvalue weighted by atomic mass is 10.2. The average molecular weight is 330 g/mol. The largest absolute Gasteiger partial charge is 0.351 e. The van der Waals surface area contributed by atoms with Gasteiger partial charge in [-0.05, 0) is 36.8 Å². The molecule has 3 heterocycles. The third-order valence-corrected chi connectivity index (χ3v) is 4.22. The Morgan fingerprint density at radius 3 is 2.84 bits per heavy atom. The van der Waals surface area contributed by atoms with Gasteiger partial charge in [-0.2, -0.15) is 0 Å². The van der Waals surface area contributed by atoms with Crippen LogP contribution in [0.4, 0.5) is 0 Å². The highest BCUT2D eigenvalue weighted by molar-refractivity contribution is 5.94. The lowest BCUT2D eigenvalue weighted by molar-refractivity contribution is 0.0948. The van der Waals surface area contributed by atoms with Crippen molar-refractivity contribution in [3.63, 3.8) is 0 Å². The van der Waals surface area contributed by atoms with E-state index in [0.717, 1.165) is 34.9 Å². The number of nitrogens with one attached hydrogen (secondary N) is 1. The first kappa shape index (κ1) is 15.3. The van der Waals surface area contributed by atoms with Crippen LogP contribution in [-0.4, -0.2) is 27.0 Å². The van der Waals surface area contributed by atoms with Crippen LogP contribution in [0.5, 0.6) is 0 Å². The molecule has 0 fully saturated rings. The van der Waals surface area contributed by atoms with Gasteiger partial charge < -0.3 is 9.88 Å². The number of pyridine rings is 2. The summed E-state index contributed by atoms with van der Waals surface area (Å²) in [6.45, 7) is 1.41. The number of aryl methyl sites for hydroxylation is 1. The number of amides is 1. The van der Waals surface area contributed by atoms with Gasteiger partial charge in [-0.25, -0.2) is 9.97 Å². The van der Waals surface area contributed by atoms with E-state index in [-0.39, 0.29) is 5.91 Å². The monoisotopic (exact) mass is 330 g/mol. The summed E-state index contributed by atoms with van der Waals surface area (Å²) in [4.78, 5) is 21.1. The molecule has 0 radical (unpaired) electrons. The van der Waals surface area contributed by atoms with E-state index in [2.05, 4.69) is 25.9 Å². The quantitative estimate of drug-likeness (QED) is 0.571. The molecule has 0 bridgehead atoms. The molecule has 25 heavy (non-hydrogen) atoms. The van der Waals surface area contributed by atoms with E-state index in [0.29, 0.717) is 12.2 Å². The number of fused-ring (bicyclic) bond motifs is 2. The Hall–Kier alpha value is -3.21. The van der Waals surface area contributed by atoms with Gasteiger partial charge in [0.1, 0.15) is 11.3 Å². The highest BCUT2D eigenvalue weighted by atomic mass is 16.1. The van der Waals surface area contributed by atoms with E-state index in [1.807, 2.05) is 48.7 Å². The number of carbonyl (C=O) groups excluding carboxylic acids is 1. The van der Waals surface area contributed by atoms with Crippen LogP contribution in [0.3, 0.4) is 0 Å². The van der Waals surface area contributed by atoms with Gasteiger partial charge in [-0.15, -0.1) is 0 Å². The standard InChI is InChI=1S/C20H18N4O/c25-20(18-9-8-15-5-1-2-7-17(15)23-18)22-12-4-13-24-14-10-16-6-3-11-21-19(16)24/h1-3,5-11,14H,4,12-13H2,(H,22,25). The molecule has 0 saturated heterocycles. The van der Waals surface area contributed by atoms with E-state index >= 15 is 0 Å². The zero-order valence-corrected chi connectivity index (χ0v) is 13.7. The molecule has 124 valence electrons. The second-order valence-corrected chi connectivity index (χ2v) is 5.92. The molecule has 0 aliphatic heterocycles. The molecule has 5 heteroatoms. The van der Waals surface area contributed by atoms with Crippen molar-refractivity contribution in [2.24, 2.45) is 0 Å². The third kappa shape index (κ3) is 3.21. The summed E-state index contributed by atoms with van der Waals surface area (Å²) in [5, 5.41) is 5.10. The molecule has 0 unspecified atom stereocenters. The normalized spacial score (nSPS) is 11.0. The molecule has 0 atom stereocenters. The Morgan fingerprint density at radius 2 is 1.88 bits per heavy atom. The van der Waals surface area contributed by atoms with Crippen molar-refractivity contribution in [2.45, 2.75) is 13.0 Å². The van der Waals surface area contributed by atoms with Crippen LogP contribution < -0.4 is 5.32 Å². The minimum Gasteiger partial charge on any atom is -0.351 e. The van der Waals surface area contributed by atoms with Crippen LogP contribution in [0, 0.1) is 0 Å². The van der Waals surface area contributed by atoms with Crippen LogP contribution in [0.1, 0.15) is 16.9 Å². The van der Waals surface area contributed by atoms with E-state index in [4.69, 9.17) is 0 Å². The molecule has 5 nitrogen and oxygen atoms in total. The maximum atomic E-state index is 12.3. The van der Waals surface area contributed by atoms with Crippen LogP contribution in [-0.2, 0) is 6.54 Å². The highest BCUT2D eigenvalue weighted by Crippen LogP contribution is 2.13.